The van der Waals surface area contributed by atoms with Gasteiger partial charge in [0.05, 0.1) is 24.0 Å². The number of amides is 2. The highest BCUT2D eigenvalue weighted by Crippen LogP contribution is 2.62. The summed E-state index contributed by atoms with van der Waals surface area (Å²) in [6, 6.07) is 0. The van der Waals surface area contributed by atoms with Gasteiger partial charge in [0.2, 0.25) is 5.91 Å². The molecule has 0 radical (unpaired) electrons. The minimum absolute atomic E-state index is 0.0522. The van der Waals surface area contributed by atoms with Gasteiger partial charge in [-0.1, -0.05) is 11.8 Å². The highest BCUT2D eigenvalue weighted by molar-refractivity contribution is 8.12. The van der Waals surface area contributed by atoms with Crippen LogP contribution in [0.15, 0.2) is 12.5 Å². The number of carbonyl (C=O) groups excluding carboxylic acids is 2. The van der Waals surface area contributed by atoms with Crippen molar-refractivity contribution in [2.45, 2.75) is 57.2 Å². The first-order valence-electron chi connectivity index (χ1n) is 9.65. The maximum atomic E-state index is 13.7. The molecular formula is C19H26N4O2S. The van der Waals surface area contributed by atoms with E-state index in [1.807, 2.05) is 23.7 Å². The van der Waals surface area contributed by atoms with Crippen molar-refractivity contribution in [3.63, 3.8) is 0 Å². The summed E-state index contributed by atoms with van der Waals surface area (Å²) in [5.74, 6) is 1.48. The summed E-state index contributed by atoms with van der Waals surface area (Å²) < 4.78 is 2.14. The maximum Gasteiger partial charge on any atom is 0.279 e. The van der Waals surface area contributed by atoms with Crippen molar-refractivity contribution in [2.75, 3.05) is 12.8 Å². The summed E-state index contributed by atoms with van der Waals surface area (Å²) in [5, 5.41) is 3.36. The van der Waals surface area contributed by atoms with Crippen LogP contribution in [0.3, 0.4) is 0 Å². The first kappa shape index (κ1) is 16.7. The van der Waals surface area contributed by atoms with E-state index < -0.39 is 0 Å². The van der Waals surface area contributed by atoms with Gasteiger partial charge in [0.25, 0.3) is 5.24 Å². The zero-order valence-electron chi connectivity index (χ0n) is 15.2. The minimum Gasteiger partial charge on any atom is -0.341 e. The van der Waals surface area contributed by atoms with Gasteiger partial charge in [-0.3, -0.25) is 9.59 Å². The molecule has 4 bridgehead atoms. The van der Waals surface area contributed by atoms with Crippen molar-refractivity contribution in [2.24, 2.45) is 17.3 Å². The molecule has 4 saturated carbocycles. The normalized spacial score (nSPS) is 37.5. The molecule has 4 aliphatic carbocycles. The molecule has 2 amide bonds. The summed E-state index contributed by atoms with van der Waals surface area (Å²) in [6.07, 6.45) is 11.7. The molecule has 5 aliphatic rings. The van der Waals surface area contributed by atoms with Crippen LogP contribution in [0.2, 0.25) is 0 Å². The summed E-state index contributed by atoms with van der Waals surface area (Å²) in [5.41, 5.74) is 0.703. The zero-order valence-corrected chi connectivity index (χ0v) is 16.1. The Kier molecular flexibility index (Phi) is 3.68. The third-order valence-electron chi connectivity index (χ3n) is 7.12. The Bertz CT molecular complexity index is 746. The number of rotatable bonds is 2. The molecule has 26 heavy (non-hydrogen) atoms. The number of imidazole rings is 1. The van der Waals surface area contributed by atoms with E-state index in [1.54, 1.807) is 0 Å². The number of fused-ring (bicyclic) bond motifs is 1. The summed E-state index contributed by atoms with van der Waals surface area (Å²) in [4.78, 5) is 32.1. The molecule has 4 fully saturated rings. The number of thioether (sulfide) groups is 1. The molecule has 2 atom stereocenters. The predicted octanol–water partition coefficient (Wildman–Crippen LogP) is 2.64. The first-order chi connectivity index (χ1) is 12.5. The molecule has 1 aromatic heterocycles. The van der Waals surface area contributed by atoms with Crippen molar-refractivity contribution < 1.29 is 9.59 Å². The average molecular weight is 375 g/mol. The van der Waals surface area contributed by atoms with Gasteiger partial charge >= 0.3 is 0 Å². The number of carbonyl (C=O) groups is 2. The number of aromatic nitrogens is 2. The Hall–Kier alpha value is -1.50. The lowest BCUT2D eigenvalue weighted by molar-refractivity contribution is -0.162. The van der Waals surface area contributed by atoms with Crippen molar-refractivity contribution in [1.29, 1.82) is 0 Å². The van der Waals surface area contributed by atoms with E-state index >= 15 is 0 Å². The van der Waals surface area contributed by atoms with Crippen LogP contribution in [0.25, 0.3) is 0 Å². The lowest BCUT2D eigenvalue weighted by atomic mass is 9.46. The van der Waals surface area contributed by atoms with Gasteiger partial charge < -0.3 is 14.8 Å². The molecule has 1 aliphatic heterocycles. The van der Waals surface area contributed by atoms with Crippen LogP contribution in [-0.2, 0) is 17.9 Å². The molecular weight excluding hydrogens is 348 g/mol. The highest BCUT2D eigenvalue weighted by atomic mass is 32.2. The molecule has 0 spiro atoms. The van der Waals surface area contributed by atoms with Crippen LogP contribution >= 0.6 is 11.8 Å². The highest BCUT2D eigenvalue weighted by Gasteiger charge is 2.61. The van der Waals surface area contributed by atoms with Gasteiger partial charge in [-0.15, -0.1) is 0 Å². The van der Waals surface area contributed by atoms with E-state index in [0.29, 0.717) is 24.3 Å². The molecule has 0 saturated heterocycles. The molecule has 1 aromatic rings. The van der Waals surface area contributed by atoms with Crippen LogP contribution < -0.4 is 5.32 Å². The third-order valence-corrected chi connectivity index (χ3v) is 7.59. The second-order valence-corrected chi connectivity index (χ2v) is 9.72. The molecule has 140 valence electrons. The van der Waals surface area contributed by atoms with Gasteiger partial charge in [0.15, 0.2) is 0 Å². The monoisotopic (exact) mass is 374 g/mol. The van der Waals surface area contributed by atoms with E-state index in [-0.39, 0.29) is 16.2 Å². The first-order valence-corrected chi connectivity index (χ1v) is 10.9. The van der Waals surface area contributed by atoms with Gasteiger partial charge in [-0.2, -0.15) is 0 Å². The lowest BCUT2D eigenvalue weighted by Gasteiger charge is -2.62. The SMILES string of the molecule is CSC(=O)NC12C[C@H]3C[C@H](C1)CC(C(=O)N1CCn4cncc4C1)(C3)C2. The molecule has 6 nitrogen and oxygen atoms in total. The van der Waals surface area contributed by atoms with Crippen molar-refractivity contribution >= 4 is 22.9 Å². The smallest absolute Gasteiger partial charge is 0.279 e. The van der Waals surface area contributed by atoms with Gasteiger partial charge in [-0.25, -0.2) is 4.98 Å². The molecule has 2 heterocycles. The standard InChI is InChI=1S/C19H26N4O2S/c1-26-17(25)21-19-7-13-4-14(8-19)6-18(5-13,11-19)16(24)22-2-3-23-12-20-9-15(23)10-22/h9,12-14H,2-8,10-11H2,1H3,(H,21,25)/t13-,14-,18?,19?/m0/s1. The minimum atomic E-state index is -0.266. The number of hydrogen-bond donors (Lipinski definition) is 1. The van der Waals surface area contributed by atoms with Gasteiger partial charge in [0.1, 0.15) is 0 Å². The quantitative estimate of drug-likeness (QED) is 0.864. The second kappa shape index (κ2) is 5.75. The Morgan fingerprint density at radius 1 is 1.23 bits per heavy atom. The fourth-order valence-electron chi connectivity index (χ4n) is 6.62. The maximum absolute atomic E-state index is 13.7. The number of nitrogens with zero attached hydrogens (tertiary/aromatic N) is 3. The molecule has 6 rings (SSSR count). The Labute approximate surface area is 158 Å². The van der Waals surface area contributed by atoms with E-state index in [2.05, 4.69) is 14.9 Å². The van der Waals surface area contributed by atoms with Crippen molar-refractivity contribution in [3.8, 4) is 0 Å². The fourth-order valence-corrected chi connectivity index (χ4v) is 6.94. The van der Waals surface area contributed by atoms with Crippen LogP contribution in [0.1, 0.15) is 44.2 Å². The third kappa shape index (κ3) is 2.50. The molecule has 0 aromatic carbocycles. The van der Waals surface area contributed by atoms with Gasteiger partial charge in [-0.05, 0) is 56.6 Å². The van der Waals surface area contributed by atoms with E-state index in [9.17, 15) is 9.59 Å². The molecule has 0 unspecified atom stereocenters. The molecule has 1 N–H and O–H groups in total. The predicted molar refractivity (Wildman–Crippen MR) is 99.5 cm³/mol. The van der Waals surface area contributed by atoms with E-state index in [0.717, 1.165) is 50.9 Å². The number of hydrogen-bond acceptors (Lipinski definition) is 4. The largest absolute Gasteiger partial charge is 0.341 e. The summed E-state index contributed by atoms with van der Waals surface area (Å²) in [7, 11) is 0. The van der Waals surface area contributed by atoms with Crippen LogP contribution in [0, 0.1) is 17.3 Å². The topological polar surface area (TPSA) is 67.2 Å². The van der Waals surface area contributed by atoms with Crippen LogP contribution in [-0.4, -0.2) is 43.9 Å². The van der Waals surface area contributed by atoms with Crippen LogP contribution in [0.4, 0.5) is 4.79 Å². The fraction of sp³-hybridized carbons (Fsp3) is 0.737. The Balaban J connectivity index is 1.41. The van der Waals surface area contributed by atoms with E-state index in [1.165, 1.54) is 18.2 Å². The number of nitrogens with one attached hydrogen (secondary N) is 1. The van der Waals surface area contributed by atoms with Crippen molar-refractivity contribution in [3.05, 3.63) is 18.2 Å². The Morgan fingerprint density at radius 3 is 2.73 bits per heavy atom. The summed E-state index contributed by atoms with van der Waals surface area (Å²) in [6.45, 7) is 2.27. The lowest BCUT2D eigenvalue weighted by Crippen LogP contribution is -2.66. The van der Waals surface area contributed by atoms with Gasteiger partial charge in [0, 0.05) is 24.8 Å². The van der Waals surface area contributed by atoms with E-state index in [4.69, 9.17) is 0 Å². The van der Waals surface area contributed by atoms with Crippen LogP contribution in [0.5, 0.6) is 0 Å². The average Bonchev–Trinajstić information content (AvgIpc) is 3.07. The second-order valence-electron chi connectivity index (χ2n) is 8.94. The Morgan fingerprint density at radius 2 is 2.00 bits per heavy atom. The van der Waals surface area contributed by atoms with Crippen molar-refractivity contribution in [1.82, 2.24) is 19.8 Å². The zero-order chi connectivity index (χ0) is 17.9. The molecule has 7 heteroatoms. The summed E-state index contributed by atoms with van der Waals surface area (Å²) >= 11 is 1.25.